The molecule has 5 nitrogen and oxygen atoms in total. The first-order chi connectivity index (χ1) is 13.7. The molecule has 1 aliphatic heterocycles. The van der Waals surface area contributed by atoms with Crippen LogP contribution >= 0.6 is 11.3 Å². The molecular weight excluding hydrogens is 374 g/mol. The van der Waals surface area contributed by atoms with Crippen molar-refractivity contribution in [2.24, 2.45) is 0 Å². The van der Waals surface area contributed by atoms with Gasteiger partial charge in [-0.15, -0.1) is 11.3 Å². The number of rotatable bonds is 6. The Morgan fingerprint density at radius 1 is 1.14 bits per heavy atom. The van der Waals surface area contributed by atoms with Crippen LogP contribution in [0.25, 0.3) is 10.4 Å². The fraction of sp³-hybridized carbons (Fsp3) is 0.227. The molecule has 0 radical (unpaired) electrons. The molecule has 3 aromatic rings. The standard InChI is InChI=1S/C22H21NO4S/c1-25-16-8-7-14(19(12-16)26-2)9-10-23-22(24)20-11-15-13-27-18-6-4-3-5-17(18)21(15)28-20/h3-8,11-12H,9-10,13H2,1-2H3,(H,23,24). The first kappa shape index (κ1) is 18.4. The lowest BCUT2D eigenvalue weighted by Crippen LogP contribution is -2.25. The summed E-state index contributed by atoms with van der Waals surface area (Å²) < 4.78 is 16.4. The zero-order valence-corrected chi connectivity index (χ0v) is 16.6. The van der Waals surface area contributed by atoms with Crippen molar-refractivity contribution in [2.45, 2.75) is 13.0 Å². The quantitative estimate of drug-likeness (QED) is 0.676. The third kappa shape index (κ3) is 3.55. The van der Waals surface area contributed by atoms with Gasteiger partial charge >= 0.3 is 0 Å². The van der Waals surface area contributed by atoms with Gasteiger partial charge in [-0.2, -0.15) is 0 Å². The lowest BCUT2D eigenvalue weighted by Gasteiger charge is -2.16. The highest BCUT2D eigenvalue weighted by molar-refractivity contribution is 7.17. The van der Waals surface area contributed by atoms with Gasteiger partial charge < -0.3 is 19.5 Å². The molecule has 4 rings (SSSR count). The van der Waals surface area contributed by atoms with Crippen molar-refractivity contribution in [3.05, 3.63) is 64.5 Å². The summed E-state index contributed by atoms with van der Waals surface area (Å²) in [6.45, 7) is 1.02. The van der Waals surface area contributed by atoms with Crippen LogP contribution in [-0.2, 0) is 13.0 Å². The van der Waals surface area contributed by atoms with Gasteiger partial charge in [0.25, 0.3) is 5.91 Å². The Bertz CT molecular complexity index is 1010. The Hall–Kier alpha value is -2.99. The monoisotopic (exact) mass is 395 g/mol. The van der Waals surface area contributed by atoms with Crippen LogP contribution in [0.3, 0.4) is 0 Å². The van der Waals surface area contributed by atoms with E-state index in [1.807, 2.05) is 48.5 Å². The molecule has 0 unspecified atom stereocenters. The van der Waals surface area contributed by atoms with E-state index in [2.05, 4.69) is 5.32 Å². The summed E-state index contributed by atoms with van der Waals surface area (Å²) in [5, 5.41) is 3.00. The molecule has 2 heterocycles. The van der Waals surface area contributed by atoms with Crippen molar-refractivity contribution >= 4 is 17.2 Å². The first-order valence-electron chi connectivity index (χ1n) is 9.03. The van der Waals surface area contributed by atoms with Gasteiger partial charge in [-0.3, -0.25) is 4.79 Å². The highest BCUT2D eigenvalue weighted by Gasteiger charge is 2.22. The summed E-state index contributed by atoms with van der Waals surface area (Å²) >= 11 is 1.51. The topological polar surface area (TPSA) is 56.8 Å². The molecule has 0 fully saturated rings. The molecule has 1 N–H and O–H groups in total. The molecule has 0 saturated carbocycles. The number of amides is 1. The number of hydrogen-bond acceptors (Lipinski definition) is 5. The second-order valence-electron chi connectivity index (χ2n) is 6.43. The van der Waals surface area contributed by atoms with E-state index in [9.17, 15) is 4.79 Å². The molecule has 0 aliphatic carbocycles. The van der Waals surface area contributed by atoms with Crippen molar-refractivity contribution < 1.29 is 19.0 Å². The summed E-state index contributed by atoms with van der Waals surface area (Å²) in [7, 11) is 3.26. The Morgan fingerprint density at radius 3 is 2.82 bits per heavy atom. The number of fused-ring (bicyclic) bond motifs is 3. The van der Waals surface area contributed by atoms with E-state index in [1.165, 1.54) is 11.3 Å². The fourth-order valence-corrected chi connectivity index (χ4v) is 4.38. The predicted molar refractivity (Wildman–Crippen MR) is 110 cm³/mol. The van der Waals surface area contributed by atoms with Crippen LogP contribution in [0.4, 0.5) is 0 Å². The molecule has 28 heavy (non-hydrogen) atoms. The van der Waals surface area contributed by atoms with E-state index >= 15 is 0 Å². The van der Waals surface area contributed by atoms with Crippen LogP contribution < -0.4 is 19.5 Å². The van der Waals surface area contributed by atoms with E-state index in [1.54, 1.807) is 14.2 Å². The molecule has 0 saturated heterocycles. The van der Waals surface area contributed by atoms with Crippen molar-refractivity contribution in [3.63, 3.8) is 0 Å². The van der Waals surface area contributed by atoms with Crippen LogP contribution in [0.15, 0.2) is 48.5 Å². The second-order valence-corrected chi connectivity index (χ2v) is 7.49. The lowest BCUT2D eigenvalue weighted by molar-refractivity contribution is 0.0958. The van der Waals surface area contributed by atoms with Gasteiger partial charge in [-0.1, -0.05) is 18.2 Å². The van der Waals surface area contributed by atoms with E-state index in [0.717, 1.165) is 38.8 Å². The smallest absolute Gasteiger partial charge is 0.261 e. The van der Waals surface area contributed by atoms with Crippen LogP contribution in [0.1, 0.15) is 20.8 Å². The SMILES string of the molecule is COc1ccc(CCNC(=O)c2cc3c(s2)-c2ccccc2OC3)c(OC)c1. The van der Waals surface area contributed by atoms with Crippen LogP contribution in [0.5, 0.6) is 17.2 Å². The number of hydrogen-bond donors (Lipinski definition) is 1. The van der Waals surface area contributed by atoms with Gasteiger partial charge in [0, 0.05) is 28.6 Å². The number of carbonyl (C=O) groups is 1. The minimum atomic E-state index is -0.0654. The molecule has 1 aliphatic rings. The highest BCUT2D eigenvalue weighted by atomic mass is 32.1. The first-order valence-corrected chi connectivity index (χ1v) is 9.85. The molecule has 0 bridgehead atoms. The Morgan fingerprint density at radius 2 is 2.00 bits per heavy atom. The van der Waals surface area contributed by atoms with Gasteiger partial charge in [0.15, 0.2) is 0 Å². The average molecular weight is 395 g/mol. The van der Waals surface area contributed by atoms with Gasteiger partial charge in [-0.05, 0) is 36.2 Å². The van der Waals surface area contributed by atoms with Crippen molar-refractivity contribution in [1.82, 2.24) is 5.32 Å². The summed E-state index contributed by atoms with van der Waals surface area (Å²) in [5.74, 6) is 2.31. The molecule has 6 heteroatoms. The van der Waals surface area contributed by atoms with E-state index < -0.39 is 0 Å². The molecule has 1 amide bonds. The van der Waals surface area contributed by atoms with Crippen LogP contribution in [-0.4, -0.2) is 26.7 Å². The van der Waals surface area contributed by atoms with E-state index in [4.69, 9.17) is 14.2 Å². The number of ether oxygens (including phenoxy) is 3. The molecule has 0 atom stereocenters. The third-order valence-electron chi connectivity index (χ3n) is 4.72. The summed E-state index contributed by atoms with van der Waals surface area (Å²) in [5.41, 5.74) is 3.14. The minimum absolute atomic E-state index is 0.0654. The Kier molecular flexibility index (Phi) is 5.21. The number of para-hydroxylation sites is 1. The van der Waals surface area contributed by atoms with E-state index in [-0.39, 0.29) is 5.91 Å². The summed E-state index contributed by atoms with van der Waals surface area (Å²) in [6, 6.07) is 15.6. The number of methoxy groups -OCH3 is 2. The normalized spacial score (nSPS) is 11.8. The van der Waals surface area contributed by atoms with Gasteiger partial charge in [0.2, 0.25) is 0 Å². The highest BCUT2D eigenvalue weighted by Crippen LogP contribution is 2.42. The summed E-state index contributed by atoms with van der Waals surface area (Å²) in [4.78, 5) is 14.4. The molecule has 0 spiro atoms. The summed E-state index contributed by atoms with van der Waals surface area (Å²) in [6.07, 6.45) is 0.677. The fourth-order valence-electron chi connectivity index (χ4n) is 3.27. The van der Waals surface area contributed by atoms with Crippen LogP contribution in [0.2, 0.25) is 0 Å². The number of nitrogens with one attached hydrogen (secondary N) is 1. The van der Waals surface area contributed by atoms with Gasteiger partial charge in [0.05, 0.1) is 19.1 Å². The third-order valence-corrected chi connectivity index (χ3v) is 5.93. The maximum Gasteiger partial charge on any atom is 0.261 e. The maximum atomic E-state index is 12.6. The van der Waals surface area contributed by atoms with Gasteiger partial charge in [-0.25, -0.2) is 0 Å². The lowest BCUT2D eigenvalue weighted by atomic mass is 10.1. The molecular formula is C22H21NO4S. The zero-order chi connectivity index (χ0) is 19.5. The zero-order valence-electron chi connectivity index (χ0n) is 15.8. The van der Waals surface area contributed by atoms with Crippen molar-refractivity contribution in [2.75, 3.05) is 20.8 Å². The largest absolute Gasteiger partial charge is 0.497 e. The number of carbonyl (C=O) groups excluding carboxylic acids is 1. The number of benzene rings is 2. The Balaban J connectivity index is 1.43. The average Bonchev–Trinajstić information content (AvgIpc) is 3.19. The number of thiophene rings is 1. The van der Waals surface area contributed by atoms with Crippen molar-refractivity contribution in [3.8, 4) is 27.7 Å². The van der Waals surface area contributed by atoms with Gasteiger partial charge in [0.1, 0.15) is 23.9 Å². The second kappa shape index (κ2) is 7.94. The molecule has 2 aromatic carbocycles. The predicted octanol–water partition coefficient (Wildman–Crippen LogP) is 4.30. The Labute approximate surface area is 167 Å². The van der Waals surface area contributed by atoms with E-state index in [0.29, 0.717) is 24.4 Å². The maximum absolute atomic E-state index is 12.6. The molecule has 144 valence electrons. The molecule has 1 aromatic heterocycles. The minimum Gasteiger partial charge on any atom is -0.497 e. The van der Waals surface area contributed by atoms with Crippen molar-refractivity contribution in [1.29, 1.82) is 0 Å². The van der Waals surface area contributed by atoms with Crippen LogP contribution in [0, 0.1) is 0 Å².